The molecule has 0 spiro atoms. The lowest BCUT2D eigenvalue weighted by Crippen LogP contribution is -2.33. The van der Waals surface area contributed by atoms with Crippen molar-refractivity contribution < 1.29 is 9.72 Å². The quantitative estimate of drug-likeness (QED) is 0.459. The third kappa shape index (κ3) is 3.32. The van der Waals surface area contributed by atoms with Crippen molar-refractivity contribution in [2.75, 3.05) is 18.4 Å². The molecule has 1 aromatic rings. The molecule has 1 heterocycles. The van der Waals surface area contributed by atoms with E-state index in [-0.39, 0.29) is 11.6 Å². The zero-order chi connectivity index (χ0) is 13.7. The van der Waals surface area contributed by atoms with E-state index in [1.165, 1.54) is 16.8 Å². The normalized spacial score (nSPS) is 10.4. The molecule has 18 heavy (non-hydrogen) atoms. The summed E-state index contributed by atoms with van der Waals surface area (Å²) in [5.74, 6) is -0.172. The van der Waals surface area contributed by atoms with Crippen molar-refractivity contribution in [2.45, 2.75) is 13.3 Å². The van der Waals surface area contributed by atoms with E-state index in [9.17, 15) is 14.9 Å². The van der Waals surface area contributed by atoms with Crippen molar-refractivity contribution in [2.24, 2.45) is 7.05 Å². The van der Waals surface area contributed by atoms with Crippen molar-refractivity contribution in [1.29, 1.82) is 0 Å². The van der Waals surface area contributed by atoms with Crippen LogP contribution in [0.2, 0.25) is 0 Å². The number of carbonyl (C=O) groups is 1. The first-order chi connectivity index (χ1) is 8.51. The van der Waals surface area contributed by atoms with E-state index in [1.807, 2.05) is 6.92 Å². The predicted molar refractivity (Wildman–Crippen MR) is 72.1 cm³/mol. The number of rotatable bonds is 6. The van der Waals surface area contributed by atoms with Crippen LogP contribution < -0.4 is 0 Å². The maximum absolute atomic E-state index is 12.2. The molecule has 0 aliphatic rings. The number of hydrogen-bond acceptors (Lipinski definition) is 3. The molecule has 0 fully saturated rings. The number of nitrogens with zero attached hydrogens (tertiary/aromatic N) is 3. The highest BCUT2D eigenvalue weighted by atomic mass is 79.9. The lowest BCUT2D eigenvalue weighted by atomic mass is 10.3. The van der Waals surface area contributed by atoms with Crippen LogP contribution in [0.4, 0.5) is 5.69 Å². The fourth-order valence-electron chi connectivity index (χ4n) is 1.68. The molecule has 0 aliphatic carbocycles. The van der Waals surface area contributed by atoms with Gasteiger partial charge in [0.1, 0.15) is 5.69 Å². The van der Waals surface area contributed by atoms with E-state index in [4.69, 9.17) is 0 Å². The van der Waals surface area contributed by atoms with Crippen LogP contribution in [-0.4, -0.2) is 38.7 Å². The molecule has 100 valence electrons. The molecule has 1 amide bonds. The molecule has 0 N–H and O–H groups in total. The molecular formula is C11H16BrN3O3. The van der Waals surface area contributed by atoms with Crippen LogP contribution in [0.25, 0.3) is 0 Å². The predicted octanol–water partition coefficient (Wildman–Crippen LogP) is 2.18. The number of carbonyl (C=O) groups excluding carboxylic acids is 1. The largest absolute Gasteiger partial charge is 0.340 e. The number of halogens is 1. The van der Waals surface area contributed by atoms with E-state index in [0.717, 1.165) is 11.8 Å². The average molecular weight is 318 g/mol. The fraction of sp³-hybridized carbons (Fsp3) is 0.545. The Morgan fingerprint density at radius 1 is 1.61 bits per heavy atom. The summed E-state index contributed by atoms with van der Waals surface area (Å²) in [5.41, 5.74) is 0.288. The van der Waals surface area contributed by atoms with E-state index in [0.29, 0.717) is 18.8 Å². The average Bonchev–Trinajstić information content (AvgIpc) is 2.72. The molecule has 6 nitrogen and oxygen atoms in total. The Balaban J connectivity index is 2.91. The second-order valence-corrected chi connectivity index (χ2v) is 4.67. The Kier molecular flexibility index (Phi) is 5.33. The lowest BCUT2D eigenvalue weighted by Gasteiger charge is -2.20. The van der Waals surface area contributed by atoms with Gasteiger partial charge in [-0.3, -0.25) is 14.9 Å². The van der Waals surface area contributed by atoms with Crippen molar-refractivity contribution in [3.05, 3.63) is 28.1 Å². The molecule has 0 unspecified atom stereocenters. The minimum absolute atomic E-state index is 0.0580. The maximum Gasteiger partial charge on any atom is 0.287 e. The van der Waals surface area contributed by atoms with E-state index in [2.05, 4.69) is 15.9 Å². The van der Waals surface area contributed by atoms with Gasteiger partial charge in [-0.05, 0) is 13.3 Å². The summed E-state index contributed by atoms with van der Waals surface area (Å²) in [7, 11) is 1.64. The molecule has 0 bridgehead atoms. The van der Waals surface area contributed by atoms with Gasteiger partial charge in [-0.25, -0.2) is 0 Å². The summed E-state index contributed by atoms with van der Waals surface area (Å²) < 4.78 is 1.50. The Morgan fingerprint density at radius 3 is 2.72 bits per heavy atom. The van der Waals surface area contributed by atoms with Crippen LogP contribution in [0.15, 0.2) is 12.3 Å². The summed E-state index contributed by atoms with van der Waals surface area (Å²) in [6.07, 6.45) is 2.21. The summed E-state index contributed by atoms with van der Waals surface area (Å²) in [5, 5.41) is 11.5. The van der Waals surface area contributed by atoms with Gasteiger partial charge in [0.25, 0.3) is 11.6 Å². The van der Waals surface area contributed by atoms with Crippen molar-refractivity contribution in [3.8, 4) is 0 Å². The van der Waals surface area contributed by atoms with Gasteiger partial charge < -0.3 is 9.47 Å². The molecule has 0 saturated carbocycles. The molecule has 0 radical (unpaired) electrons. The summed E-state index contributed by atoms with van der Waals surface area (Å²) in [4.78, 5) is 24.1. The van der Waals surface area contributed by atoms with Crippen LogP contribution in [0.1, 0.15) is 23.8 Å². The summed E-state index contributed by atoms with van der Waals surface area (Å²) in [6.45, 7) is 3.12. The lowest BCUT2D eigenvalue weighted by molar-refractivity contribution is -0.384. The second-order valence-electron chi connectivity index (χ2n) is 3.88. The highest BCUT2D eigenvalue weighted by molar-refractivity contribution is 9.09. The maximum atomic E-state index is 12.2. The van der Waals surface area contributed by atoms with Gasteiger partial charge in [-0.15, -0.1) is 0 Å². The van der Waals surface area contributed by atoms with Gasteiger partial charge in [0.05, 0.1) is 11.1 Å². The number of aromatic nitrogens is 1. The second kappa shape index (κ2) is 6.53. The van der Waals surface area contributed by atoms with E-state index < -0.39 is 4.92 Å². The molecule has 0 saturated heterocycles. The molecule has 1 aromatic heterocycles. The van der Waals surface area contributed by atoms with Crippen molar-refractivity contribution in [3.63, 3.8) is 0 Å². The molecular weight excluding hydrogens is 302 g/mol. The highest BCUT2D eigenvalue weighted by Crippen LogP contribution is 2.17. The SMILES string of the molecule is CCN(CCCBr)C(=O)c1cc([N+](=O)[O-])cn1C. The molecule has 7 heteroatoms. The third-order valence-corrected chi connectivity index (χ3v) is 3.21. The van der Waals surface area contributed by atoms with Gasteiger partial charge in [0.15, 0.2) is 0 Å². The first-order valence-corrected chi connectivity index (χ1v) is 6.79. The zero-order valence-corrected chi connectivity index (χ0v) is 12.0. The number of hydrogen-bond donors (Lipinski definition) is 0. The molecule has 1 rings (SSSR count). The summed E-state index contributed by atoms with van der Waals surface area (Å²) >= 11 is 3.32. The number of aryl methyl sites for hydroxylation is 1. The van der Waals surface area contributed by atoms with Gasteiger partial charge in [-0.1, -0.05) is 15.9 Å². The van der Waals surface area contributed by atoms with E-state index >= 15 is 0 Å². The summed E-state index contributed by atoms with van der Waals surface area (Å²) in [6, 6.07) is 1.32. The van der Waals surface area contributed by atoms with Crippen molar-refractivity contribution >= 4 is 27.5 Å². The minimum atomic E-state index is -0.494. The number of nitro groups is 1. The fourth-order valence-corrected chi connectivity index (χ4v) is 1.93. The Morgan fingerprint density at radius 2 is 2.28 bits per heavy atom. The Labute approximate surface area is 114 Å². The third-order valence-electron chi connectivity index (χ3n) is 2.65. The topological polar surface area (TPSA) is 68.4 Å². The number of amides is 1. The van der Waals surface area contributed by atoms with Crippen molar-refractivity contribution in [1.82, 2.24) is 9.47 Å². The molecule has 0 atom stereocenters. The van der Waals surface area contributed by atoms with Gasteiger partial charge in [0, 0.05) is 31.5 Å². The van der Waals surface area contributed by atoms with Crippen LogP contribution in [0, 0.1) is 10.1 Å². The Bertz CT molecular complexity index is 445. The van der Waals surface area contributed by atoms with E-state index in [1.54, 1.807) is 11.9 Å². The number of alkyl halides is 1. The smallest absolute Gasteiger partial charge is 0.287 e. The molecule has 0 aromatic carbocycles. The van der Waals surface area contributed by atoms with Crippen LogP contribution >= 0.6 is 15.9 Å². The minimum Gasteiger partial charge on any atom is -0.340 e. The van der Waals surface area contributed by atoms with Crippen LogP contribution in [0.3, 0.4) is 0 Å². The standard InChI is InChI=1S/C11H16BrN3O3/c1-3-14(6-4-5-12)11(16)10-7-9(15(17)18)8-13(10)2/h7-8H,3-6H2,1-2H3. The Hall–Kier alpha value is -1.37. The first kappa shape index (κ1) is 14.7. The van der Waals surface area contributed by atoms with Gasteiger partial charge in [-0.2, -0.15) is 0 Å². The first-order valence-electron chi connectivity index (χ1n) is 5.67. The van der Waals surface area contributed by atoms with Gasteiger partial charge in [0.2, 0.25) is 0 Å². The van der Waals surface area contributed by atoms with Crippen LogP contribution in [-0.2, 0) is 7.05 Å². The molecule has 0 aliphatic heterocycles. The zero-order valence-electron chi connectivity index (χ0n) is 10.4. The highest BCUT2D eigenvalue weighted by Gasteiger charge is 2.21. The monoisotopic (exact) mass is 317 g/mol. The van der Waals surface area contributed by atoms with Crippen LogP contribution in [0.5, 0.6) is 0 Å². The van der Waals surface area contributed by atoms with Gasteiger partial charge >= 0.3 is 0 Å².